The predicted molar refractivity (Wildman–Crippen MR) is 65.6 cm³/mol. The fraction of sp³-hybridized carbons (Fsp3) is 0.308. The number of hydrogen-bond donors (Lipinski definition) is 0. The lowest BCUT2D eigenvalue weighted by atomic mass is 10.0. The van der Waals surface area contributed by atoms with E-state index >= 15 is 0 Å². The average Bonchev–Trinajstić information content (AvgIpc) is 2.77. The Morgan fingerprint density at radius 1 is 1.25 bits per heavy atom. The molecule has 0 spiro atoms. The van der Waals surface area contributed by atoms with Crippen LogP contribution in [0.2, 0.25) is 0 Å². The second-order valence-corrected chi connectivity index (χ2v) is 4.36. The van der Waals surface area contributed by atoms with Gasteiger partial charge in [0.1, 0.15) is 0 Å². The van der Waals surface area contributed by atoms with E-state index in [0.717, 1.165) is 17.0 Å². The number of hydrogen-bond acceptors (Lipinski definition) is 2. The first-order valence-corrected chi connectivity index (χ1v) is 5.86. The zero-order valence-corrected chi connectivity index (χ0v) is 10.2. The van der Waals surface area contributed by atoms with Crippen molar-refractivity contribution in [2.45, 2.75) is 25.6 Å². The second kappa shape index (κ2) is 4.71. The van der Waals surface area contributed by atoms with E-state index in [9.17, 15) is 0 Å². The molecule has 0 aliphatic carbocycles. The summed E-state index contributed by atoms with van der Waals surface area (Å²) in [6, 6.07) is 10.2. The third-order valence-electron chi connectivity index (χ3n) is 2.56. The predicted octanol–water partition coefficient (Wildman–Crippen LogP) is 4.20. The number of rotatable bonds is 3. The highest BCUT2D eigenvalue weighted by molar-refractivity contribution is 6.16. The third kappa shape index (κ3) is 2.27. The summed E-state index contributed by atoms with van der Waals surface area (Å²) in [7, 11) is 0. The fourth-order valence-electron chi connectivity index (χ4n) is 1.54. The number of alkyl halides is 1. The average molecular weight is 236 g/mol. The number of nitrogens with zero attached hydrogens (tertiary/aromatic N) is 1. The highest BCUT2D eigenvalue weighted by atomic mass is 35.5. The summed E-state index contributed by atoms with van der Waals surface area (Å²) in [6.07, 6.45) is 0. The van der Waals surface area contributed by atoms with Crippen LogP contribution in [0.15, 0.2) is 34.9 Å². The summed E-state index contributed by atoms with van der Waals surface area (Å²) in [5, 5.41) is 3.86. The van der Waals surface area contributed by atoms with Gasteiger partial charge in [-0.3, -0.25) is 0 Å². The van der Waals surface area contributed by atoms with E-state index in [-0.39, 0.29) is 0 Å². The van der Waals surface area contributed by atoms with E-state index in [2.05, 4.69) is 31.1 Å². The summed E-state index contributed by atoms with van der Waals surface area (Å²) in [6.45, 7) is 4.35. The lowest BCUT2D eigenvalue weighted by Crippen LogP contribution is -1.85. The molecule has 2 aromatic rings. The lowest BCUT2D eigenvalue weighted by Gasteiger charge is -2.04. The SMILES string of the molecule is CC(C)c1ccc(-c2cc(CCl)no2)cc1. The zero-order valence-electron chi connectivity index (χ0n) is 9.40. The molecule has 0 N–H and O–H groups in total. The highest BCUT2D eigenvalue weighted by Gasteiger charge is 2.06. The molecule has 0 radical (unpaired) electrons. The van der Waals surface area contributed by atoms with Crippen LogP contribution in [0.3, 0.4) is 0 Å². The van der Waals surface area contributed by atoms with Crippen LogP contribution in [0.25, 0.3) is 11.3 Å². The summed E-state index contributed by atoms with van der Waals surface area (Å²) in [5.41, 5.74) is 3.12. The first-order chi connectivity index (χ1) is 7.70. The van der Waals surface area contributed by atoms with Crippen molar-refractivity contribution in [3.63, 3.8) is 0 Å². The molecule has 0 bridgehead atoms. The van der Waals surface area contributed by atoms with E-state index < -0.39 is 0 Å². The van der Waals surface area contributed by atoms with Crippen LogP contribution in [0.1, 0.15) is 31.0 Å². The number of aromatic nitrogens is 1. The van der Waals surface area contributed by atoms with Gasteiger partial charge in [0.25, 0.3) is 0 Å². The summed E-state index contributed by atoms with van der Waals surface area (Å²) in [5.74, 6) is 1.70. The van der Waals surface area contributed by atoms with Crippen molar-refractivity contribution in [1.29, 1.82) is 0 Å². The van der Waals surface area contributed by atoms with Gasteiger partial charge >= 0.3 is 0 Å². The maximum absolute atomic E-state index is 5.67. The maximum Gasteiger partial charge on any atom is 0.167 e. The Hall–Kier alpha value is -1.28. The van der Waals surface area contributed by atoms with Gasteiger partial charge in [0.05, 0.1) is 11.6 Å². The fourth-order valence-corrected chi connectivity index (χ4v) is 1.67. The van der Waals surface area contributed by atoms with Gasteiger partial charge in [0.15, 0.2) is 5.76 Å². The van der Waals surface area contributed by atoms with E-state index in [4.69, 9.17) is 16.1 Å². The Labute approximate surface area is 100 Å². The molecule has 16 heavy (non-hydrogen) atoms. The van der Waals surface area contributed by atoms with E-state index in [1.165, 1.54) is 5.56 Å². The van der Waals surface area contributed by atoms with Crippen LogP contribution < -0.4 is 0 Å². The van der Waals surface area contributed by atoms with Crippen molar-refractivity contribution >= 4 is 11.6 Å². The minimum absolute atomic E-state index is 0.383. The first kappa shape index (κ1) is 11.2. The number of benzene rings is 1. The minimum atomic E-state index is 0.383. The van der Waals surface area contributed by atoms with Crippen molar-refractivity contribution in [1.82, 2.24) is 5.16 Å². The smallest absolute Gasteiger partial charge is 0.167 e. The van der Waals surface area contributed by atoms with Gasteiger partial charge < -0.3 is 4.52 Å². The molecule has 2 nitrogen and oxygen atoms in total. The van der Waals surface area contributed by atoms with Crippen LogP contribution in [0.5, 0.6) is 0 Å². The van der Waals surface area contributed by atoms with Crippen LogP contribution in [-0.2, 0) is 5.88 Å². The lowest BCUT2D eigenvalue weighted by molar-refractivity contribution is 0.426. The largest absolute Gasteiger partial charge is 0.356 e. The minimum Gasteiger partial charge on any atom is -0.356 e. The van der Waals surface area contributed by atoms with Crippen LogP contribution in [-0.4, -0.2) is 5.16 Å². The maximum atomic E-state index is 5.67. The van der Waals surface area contributed by atoms with Crippen molar-refractivity contribution < 1.29 is 4.52 Å². The van der Waals surface area contributed by atoms with Gasteiger partial charge in [0, 0.05) is 11.6 Å². The van der Waals surface area contributed by atoms with Gasteiger partial charge in [-0.1, -0.05) is 43.3 Å². The number of halogens is 1. The zero-order chi connectivity index (χ0) is 11.5. The first-order valence-electron chi connectivity index (χ1n) is 5.32. The quantitative estimate of drug-likeness (QED) is 0.745. The van der Waals surface area contributed by atoms with Gasteiger partial charge in [-0.25, -0.2) is 0 Å². The molecule has 2 rings (SSSR count). The van der Waals surface area contributed by atoms with Crippen molar-refractivity contribution in [3.8, 4) is 11.3 Å². The van der Waals surface area contributed by atoms with Crippen LogP contribution >= 0.6 is 11.6 Å². The molecule has 0 aliphatic heterocycles. The molecule has 1 aromatic heterocycles. The molecule has 0 saturated heterocycles. The van der Waals surface area contributed by atoms with Crippen molar-refractivity contribution in [3.05, 3.63) is 41.6 Å². The second-order valence-electron chi connectivity index (χ2n) is 4.09. The Bertz CT molecular complexity index is 459. The molecule has 0 fully saturated rings. The van der Waals surface area contributed by atoms with Gasteiger partial charge in [-0.15, -0.1) is 11.6 Å². The topological polar surface area (TPSA) is 26.0 Å². The molecule has 0 atom stereocenters. The molecular weight excluding hydrogens is 222 g/mol. The van der Waals surface area contributed by atoms with Crippen LogP contribution in [0, 0.1) is 0 Å². The standard InChI is InChI=1S/C13H14ClNO/c1-9(2)10-3-5-11(6-4-10)13-7-12(8-14)15-16-13/h3-7,9H,8H2,1-2H3. The Morgan fingerprint density at radius 3 is 2.44 bits per heavy atom. The summed E-state index contributed by atoms with van der Waals surface area (Å²) < 4.78 is 5.21. The van der Waals surface area contributed by atoms with Crippen LogP contribution in [0.4, 0.5) is 0 Å². The Morgan fingerprint density at radius 2 is 1.94 bits per heavy atom. The van der Waals surface area contributed by atoms with Gasteiger partial charge in [0.2, 0.25) is 0 Å². The van der Waals surface area contributed by atoms with Gasteiger partial charge in [-0.05, 0) is 11.5 Å². The Kier molecular flexibility index (Phi) is 3.30. The van der Waals surface area contributed by atoms with Crippen molar-refractivity contribution in [2.75, 3.05) is 0 Å². The molecule has 84 valence electrons. The highest BCUT2D eigenvalue weighted by Crippen LogP contribution is 2.23. The third-order valence-corrected chi connectivity index (χ3v) is 2.83. The molecule has 0 saturated carbocycles. The van der Waals surface area contributed by atoms with E-state index in [0.29, 0.717) is 11.8 Å². The van der Waals surface area contributed by atoms with Gasteiger partial charge in [-0.2, -0.15) is 0 Å². The Balaban J connectivity index is 2.27. The summed E-state index contributed by atoms with van der Waals surface area (Å²) in [4.78, 5) is 0. The molecule has 0 unspecified atom stereocenters. The molecule has 0 aliphatic rings. The molecular formula is C13H14ClNO. The van der Waals surface area contributed by atoms with E-state index in [1.807, 2.05) is 18.2 Å². The molecule has 3 heteroatoms. The summed E-state index contributed by atoms with van der Waals surface area (Å²) >= 11 is 5.67. The van der Waals surface area contributed by atoms with E-state index in [1.54, 1.807) is 0 Å². The molecule has 1 heterocycles. The molecule has 1 aromatic carbocycles. The normalized spacial score (nSPS) is 11.0. The molecule has 0 amide bonds. The van der Waals surface area contributed by atoms with Crippen molar-refractivity contribution in [2.24, 2.45) is 0 Å². The monoisotopic (exact) mass is 235 g/mol.